The number of halogens is 1. The third-order valence-corrected chi connectivity index (χ3v) is 3.12. The second-order valence-electron chi connectivity index (χ2n) is 2.60. The van der Waals surface area contributed by atoms with Crippen LogP contribution in [-0.2, 0) is 0 Å². The van der Waals surface area contributed by atoms with Crippen molar-refractivity contribution in [2.75, 3.05) is 7.11 Å². The number of rotatable bonds is 1. The zero-order valence-corrected chi connectivity index (χ0v) is 9.57. The molecule has 0 amide bonds. The Morgan fingerprint density at radius 1 is 1.46 bits per heavy atom. The summed E-state index contributed by atoms with van der Waals surface area (Å²) < 4.78 is 5.92. The number of aryl methyl sites for hydroxylation is 1. The van der Waals surface area contributed by atoms with Gasteiger partial charge in [0, 0.05) is 6.07 Å². The molecule has 2 heterocycles. The van der Waals surface area contributed by atoms with E-state index >= 15 is 0 Å². The minimum atomic E-state index is 0.640. The highest BCUT2D eigenvalue weighted by Gasteiger charge is 2.07. The third kappa shape index (κ3) is 1.53. The molecule has 0 unspecified atom stereocenters. The van der Waals surface area contributed by atoms with Gasteiger partial charge in [-0.2, -0.15) is 0 Å². The van der Waals surface area contributed by atoms with Crippen LogP contribution in [0.3, 0.4) is 0 Å². The molecule has 13 heavy (non-hydrogen) atoms. The molecule has 0 saturated heterocycles. The summed E-state index contributed by atoms with van der Waals surface area (Å²) in [5, 5.41) is 0. The lowest BCUT2D eigenvalue weighted by Gasteiger charge is -1.99. The van der Waals surface area contributed by atoms with Crippen molar-refractivity contribution in [2.24, 2.45) is 0 Å². The highest BCUT2D eigenvalue weighted by atomic mass is 79.9. The van der Waals surface area contributed by atoms with Crippen molar-refractivity contribution >= 4 is 37.6 Å². The summed E-state index contributed by atoms with van der Waals surface area (Å²) in [4.78, 5) is 9.49. The molecule has 0 fully saturated rings. The average Bonchev–Trinajstić information content (AvgIpc) is 2.46. The first kappa shape index (κ1) is 8.90. The van der Waals surface area contributed by atoms with Gasteiger partial charge in [0.2, 0.25) is 5.88 Å². The Bertz CT molecular complexity index is 455. The number of hydrogen-bond donors (Lipinski definition) is 0. The minimum Gasteiger partial charge on any atom is -0.481 e. The molecule has 0 bridgehead atoms. The van der Waals surface area contributed by atoms with E-state index in [1.807, 2.05) is 13.0 Å². The van der Waals surface area contributed by atoms with Crippen molar-refractivity contribution in [1.29, 1.82) is 0 Å². The zero-order valence-electron chi connectivity index (χ0n) is 7.17. The lowest BCUT2D eigenvalue weighted by atomic mass is 10.3. The first-order valence-corrected chi connectivity index (χ1v) is 5.29. The van der Waals surface area contributed by atoms with Crippen molar-refractivity contribution < 1.29 is 4.74 Å². The maximum atomic E-state index is 5.06. The van der Waals surface area contributed by atoms with Crippen LogP contribution in [0.25, 0.3) is 10.3 Å². The first-order chi connectivity index (χ1) is 6.20. The number of methoxy groups -OCH3 is 1. The molecule has 0 radical (unpaired) electrons. The van der Waals surface area contributed by atoms with E-state index in [1.54, 1.807) is 7.11 Å². The Morgan fingerprint density at radius 3 is 2.92 bits per heavy atom. The molecule has 2 aromatic rings. The van der Waals surface area contributed by atoms with Gasteiger partial charge in [-0.1, -0.05) is 11.3 Å². The highest BCUT2D eigenvalue weighted by Crippen LogP contribution is 2.28. The van der Waals surface area contributed by atoms with Crippen molar-refractivity contribution in [3.05, 3.63) is 15.5 Å². The summed E-state index contributed by atoms with van der Waals surface area (Å²) in [6, 6.07) is 1.88. The van der Waals surface area contributed by atoms with Gasteiger partial charge in [0.05, 0.1) is 7.11 Å². The van der Waals surface area contributed by atoms with Crippen LogP contribution in [-0.4, -0.2) is 17.1 Å². The molecule has 0 saturated carbocycles. The average molecular weight is 259 g/mol. The van der Waals surface area contributed by atoms with Crippen molar-refractivity contribution in [3.8, 4) is 5.88 Å². The molecule has 0 spiro atoms. The van der Waals surface area contributed by atoms with Crippen LogP contribution < -0.4 is 4.74 Å². The van der Waals surface area contributed by atoms with E-state index in [4.69, 9.17) is 4.74 Å². The molecule has 2 rings (SSSR count). The fourth-order valence-electron chi connectivity index (χ4n) is 1.11. The number of ether oxygens (including phenoxy) is 1. The second-order valence-corrected chi connectivity index (χ2v) is 4.86. The van der Waals surface area contributed by atoms with Crippen molar-refractivity contribution in [3.63, 3.8) is 0 Å². The lowest BCUT2D eigenvalue weighted by Crippen LogP contribution is -1.88. The number of nitrogens with zero attached hydrogens (tertiary/aromatic N) is 2. The van der Waals surface area contributed by atoms with Crippen LogP contribution >= 0.6 is 27.3 Å². The molecule has 3 nitrogen and oxygen atoms in total. The largest absolute Gasteiger partial charge is 0.481 e. The highest BCUT2D eigenvalue weighted by molar-refractivity contribution is 9.11. The smallest absolute Gasteiger partial charge is 0.214 e. The lowest BCUT2D eigenvalue weighted by molar-refractivity contribution is 0.399. The van der Waals surface area contributed by atoms with Crippen LogP contribution in [0.4, 0.5) is 0 Å². The zero-order chi connectivity index (χ0) is 9.42. The summed E-state index contributed by atoms with van der Waals surface area (Å²) >= 11 is 4.84. The van der Waals surface area contributed by atoms with E-state index in [0.717, 1.165) is 19.8 Å². The molecular formula is C8H7BrN2OS. The van der Waals surface area contributed by atoms with Gasteiger partial charge in [-0.15, -0.1) is 0 Å². The Kier molecular flexibility index (Phi) is 2.21. The Hall–Kier alpha value is -0.680. The van der Waals surface area contributed by atoms with E-state index in [1.165, 1.54) is 11.3 Å². The Morgan fingerprint density at radius 2 is 2.23 bits per heavy atom. The van der Waals surface area contributed by atoms with Crippen LogP contribution in [0, 0.1) is 6.92 Å². The quantitative estimate of drug-likeness (QED) is 0.789. The molecule has 2 aromatic heterocycles. The fourth-order valence-corrected chi connectivity index (χ4v) is 2.48. The standard InChI is InChI=1S/C8H7BrN2OS/c1-4-3-5(12-2)10-7-6(4)11-8(9)13-7/h3H,1-2H3. The fraction of sp³-hybridized carbons (Fsp3) is 0.250. The summed E-state index contributed by atoms with van der Waals surface area (Å²) in [7, 11) is 1.61. The predicted molar refractivity (Wildman–Crippen MR) is 56.4 cm³/mol. The monoisotopic (exact) mass is 258 g/mol. The SMILES string of the molecule is COc1cc(C)c2nc(Br)sc2n1. The Labute approximate surface area is 87.9 Å². The van der Waals surface area contributed by atoms with Gasteiger partial charge in [-0.25, -0.2) is 9.97 Å². The van der Waals surface area contributed by atoms with Gasteiger partial charge >= 0.3 is 0 Å². The normalized spacial score (nSPS) is 10.7. The van der Waals surface area contributed by atoms with Gasteiger partial charge in [0.15, 0.2) is 3.92 Å². The molecule has 68 valence electrons. The molecule has 0 N–H and O–H groups in total. The van der Waals surface area contributed by atoms with Crippen molar-refractivity contribution in [1.82, 2.24) is 9.97 Å². The Balaban J connectivity index is 2.75. The van der Waals surface area contributed by atoms with E-state index in [0.29, 0.717) is 5.88 Å². The number of hydrogen-bond acceptors (Lipinski definition) is 4. The summed E-state index contributed by atoms with van der Waals surface area (Å²) in [5.41, 5.74) is 2.03. The predicted octanol–water partition coefficient (Wildman–Crippen LogP) is 2.77. The molecule has 0 atom stereocenters. The van der Waals surface area contributed by atoms with Crippen LogP contribution in [0.5, 0.6) is 5.88 Å². The molecule has 0 aromatic carbocycles. The van der Waals surface area contributed by atoms with Gasteiger partial charge < -0.3 is 4.74 Å². The molecule has 0 aliphatic rings. The van der Waals surface area contributed by atoms with Crippen molar-refractivity contribution in [2.45, 2.75) is 6.92 Å². The van der Waals surface area contributed by atoms with Crippen LogP contribution in [0.1, 0.15) is 5.56 Å². The maximum absolute atomic E-state index is 5.06. The van der Waals surface area contributed by atoms with Gasteiger partial charge in [0.1, 0.15) is 10.3 Å². The number of thiazole rings is 1. The van der Waals surface area contributed by atoms with Gasteiger partial charge in [0.25, 0.3) is 0 Å². The molecule has 5 heteroatoms. The number of aromatic nitrogens is 2. The van der Waals surface area contributed by atoms with Gasteiger partial charge in [-0.3, -0.25) is 0 Å². The van der Waals surface area contributed by atoms with E-state index in [-0.39, 0.29) is 0 Å². The summed E-state index contributed by atoms with van der Waals surface area (Å²) in [6.07, 6.45) is 0. The minimum absolute atomic E-state index is 0.640. The first-order valence-electron chi connectivity index (χ1n) is 3.68. The molecular weight excluding hydrogens is 252 g/mol. The topological polar surface area (TPSA) is 35.0 Å². The third-order valence-electron chi connectivity index (χ3n) is 1.72. The van der Waals surface area contributed by atoms with Crippen LogP contribution in [0.15, 0.2) is 9.98 Å². The molecule has 0 aliphatic heterocycles. The summed E-state index contributed by atoms with van der Waals surface area (Å²) in [6.45, 7) is 2.00. The second kappa shape index (κ2) is 3.23. The summed E-state index contributed by atoms with van der Waals surface area (Å²) in [5.74, 6) is 0.640. The van der Waals surface area contributed by atoms with Crippen LogP contribution in [0.2, 0.25) is 0 Å². The van der Waals surface area contributed by atoms with Gasteiger partial charge in [-0.05, 0) is 28.4 Å². The number of fused-ring (bicyclic) bond motifs is 1. The molecule has 0 aliphatic carbocycles. The number of pyridine rings is 1. The van der Waals surface area contributed by atoms with E-state index in [2.05, 4.69) is 25.9 Å². The maximum Gasteiger partial charge on any atom is 0.214 e. The van der Waals surface area contributed by atoms with E-state index < -0.39 is 0 Å². The van der Waals surface area contributed by atoms with E-state index in [9.17, 15) is 0 Å².